The zero-order valence-corrected chi connectivity index (χ0v) is 19.7. The number of aryl methyl sites for hydroxylation is 1. The van der Waals surface area contributed by atoms with Crippen molar-refractivity contribution in [3.63, 3.8) is 0 Å². The molecule has 0 aliphatic carbocycles. The fourth-order valence-electron chi connectivity index (χ4n) is 3.10. The van der Waals surface area contributed by atoms with Gasteiger partial charge >= 0.3 is 18.2 Å². The summed E-state index contributed by atoms with van der Waals surface area (Å²) >= 11 is 1.57. The van der Waals surface area contributed by atoms with Crippen LogP contribution in [0.1, 0.15) is 29.3 Å². The van der Waals surface area contributed by atoms with Crippen LogP contribution in [0.2, 0.25) is 0 Å². The van der Waals surface area contributed by atoms with Crippen LogP contribution in [0.3, 0.4) is 0 Å². The number of thioether (sulfide) groups is 1. The van der Waals surface area contributed by atoms with Gasteiger partial charge in [-0.2, -0.15) is 24.9 Å². The maximum absolute atomic E-state index is 13.5. The normalized spacial score (nSPS) is 12.1. The minimum Gasteiger partial charge on any atom is -0.469 e. The molecule has 2 aromatic carbocycles. The summed E-state index contributed by atoms with van der Waals surface area (Å²) in [5.74, 6) is 1.21. The number of rotatable bonds is 9. The minimum atomic E-state index is -4.80. The number of alkyl halides is 3. The topological polar surface area (TPSA) is 90.7 Å². The average Bonchev–Trinajstić information content (AvgIpc) is 3.20. The number of esters is 1. The molecule has 0 aliphatic rings. The van der Waals surface area contributed by atoms with Gasteiger partial charge in [0.1, 0.15) is 11.4 Å². The monoisotopic (exact) mass is 508 g/mol. The van der Waals surface area contributed by atoms with Gasteiger partial charge in [0.25, 0.3) is 0 Å². The Balaban J connectivity index is 1.68. The van der Waals surface area contributed by atoms with E-state index in [4.69, 9.17) is 9.26 Å². The fraction of sp³-hybridized carbons (Fsp3) is 0.292. The molecule has 11 heteroatoms. The molecule has 0 aliphatic heterocycles. The highest BCUT2D eigenvalue weighted by atomic mass is 32.2. The van der Waals surface area contributed by atoms with Crippen LogP contribution in [-0.2, 0) is 20.0 Å². The van der Waals surface area contributed by atoms with Crippen molar-refractivity contribution in [3.05, 3.63) is 71.4 Å². The summed E-state index contributed by atoms with van der Waals surface area (Å²) < 4.78 is 55.2. The van der Waals surface area contributed by atoms with Gasteiger partial charge in [-0.1, -0.05) is 59.8 Å². The summed E-state index contributed by atoms with van der Waals surface area (Å²) in [7, 11) is 1.34. The number of carbonyl (C=O) groups excluding carboxylic acids is 2. The van der Waals surface area contributed by atoms with E-state index in [9.17, 15) is 22.8 Å². The summed E-state index contributed by atoms with van der Waals surface area (Å²) in [6, 6.07) is 14.1. The molecule has 1 aromatic heterocycles. The van der Waals surface area contributed by atoms with E-state index < -0.39 is 18.4 Å². The predicted molar refractivity (Wildman–Crippen MR) is 125 cm³/mol. The van der Waals surface area contributed by atoms with Gasteiger partial charge in [-0.3, -0.25) is 10.1 Å². The highest BCUT2D eigenvalue weighted by molar-refractivity contribution is 7.98. The number of hydrogen-bond acceptors (Lipinski definition) is 7. The fourth-order valence-corrected chi connectivity index (χ4v) is 3.99. The van der Waals surface area contributed by atoms with Crippen LogP contribution in [0.4, 0.5) is 23.7 Å². The lowest BCUT2D eigenvalue weighted by molar-refractivity contribution is -0.205. The van der Waals surface area contributed by atoms with Crippen molar-refractivity contribution in [3.8, 4) is 11.3 Å². The second-order valence-corrected chi connectivity index (χ2v) is 8.52. The average molecular weight is 509 g/mol. The van der Waals surface area contributed by atoms with E-state index in [0.717, 1.165) is 5.56 Å². The van der Waals surface area contributed by atoms with Crippen LogP contribution in [-0.4, -0.2) is 36.3 Å². The van der Waals surface area contributed by atoms with E-state index in [2.05, 4.69) is 15.2 Å². The van der Waals surface area contributed by atoms with Crippen molar-refractivity contribution in [1.82, 2.24) is 5.16 Å². The maximum Gasteiger partial charge on any atom is 0.429 e. The third-order valence-corrected chi connectivity index (χ3v) is 5.91. The molecule has 7 nitrogen and oxygen atoms in total. The van der Waals surface area contributed by atoms with Crippen molar-refractivity contribution in [1.29, 1.82) is 0 Å². The number of ether oxygens (including phenoxy) is 2. The molecule has 0 bridgehead atoms. The number of aromatic nitrogens is 1. The predicted octanol–water partition coefficient (Wildman–Crippen LogP) is 6.30. The molecule has 0 radical (unpaired) electrons. The highest BCUT2D eigenvalue weighted by Crippen LogP contribution is 2.37. The molecule has 1 amide bonds. The van der Waals surface area contributed by atoms with E-state index in [1.54, 1.807) is 36.9 Å². The summed E-state index contributed by atoms with van der Waals surface area (Å²) in [6.45, 7) is 1.55. The van der Waals surface area contributed by atoms with E-state index in [-0.39, 0.29) is 28.7 Å². The van der Waals surface area contributed by atoms with Gasteiger partial charge in [-0.15, -0.1) is 0 Å². The molecule has 0 saturated carbocycles. The number of benzene rings is 2. The third kappa shape index (κ3) is 7.25. The Morgan fingerprint density at radius 3 is 2.43 bits per heavy atom. The second kappa shape index (κ2) is 11.8. The molecule has 35 heavy (non-hydrogen) atoms. The number of halogens is 3. The van der Waals surface area contributed by atoms with Gasteiger partial charge in [0.2, 0.25) is 6.10 Å². The summed E-state index contributed by atoms with van der Waals surface area (Å²) in [5.41, 5.74) is 1.76. The lowest BCUT2D eigenvalue weighted by Crippen LogP contribution is -2.28. The Morgan fingerprint density at radius 2 is 1.80 bits per heavy atom. The van der Waals surface area contributed by atoms with Gasteiger partial charge in [-0.25, -0.2) is 4.79 Å². The molecule has 3 rings (SSSR count). The van der Waals surface area contributed by atoms with Gasteiger partial charge < -0.3 is 14.0 Å². The Kier molecular flexibility index (Phi) is 8.80. The first-order chi connectivity index (χ1) is 16.7. The highest BCUT2D eigenvalue weighted by Gasteiger charge is 2.44. The van der Waals surface area contributed by atoms with Crippen molar-refractivity contribution in [2.24, 2.45) is 0 Å². The van der Waals surface area contributed by atoms with Crippen LogP contribution in [0.15, 0.2) is 59.1 Å². The lowest BCUT2D eigenvalue weighted by Gasteiger charge is -2.21. The SMILES string of the molecule is COC(=O)CCSCc1ccc(-c2onc(C)c2NC(=O)OC(c2ccccc2)C(F)(F)F)cc1. The largest absolute Gasteiger partial charge is 0.469 e. The Bertz CT molecular complexity index is 1130. The minimum absolute atomic E-state index is 0.115. The molecular formula is C24H23F3N2O5S. The number of carbonyl (C=O) groups is 2. The molecular weight excluding hydrogens is 485 g/mol. The molecule has 1 heterocycles. The van der Waals surface area contributed by atoms with E-state index >= 15 is 0 Å². The number of anilines is 1. The first kappa shape index (κ1) is 26.1. The molecule has 0 saturated heterocycles. The number of hydrogen-bond donors (Lipinski definition) is 1. The number of amides is 1. The molecule has 1 unspecified atom stereocenters. The summed E-state index contributed by atoms with van der Waals surface area (Å²) in [4.78, 5) is 23.6. The Hall–Kier alpha value is -3.47. The molecule has 0 spiro atoms. The first-order valence-corrected chi connectivity index (χ1v) is 11.6. The van der Waals surface area contributed by atoms with Crippen LogP contribution in [0, 0.1) is 6.92 Å². The van der Waals surface area contributed by atoms with Gasteiger partial charge in [0.05, 0.1) is 13.5 Å². The summed E-state index contributed by atoms with van der Waals surface area (Å²) in [6.07, 6.45) is -8.19. The van der Waals surface area contributed by atoms with Gasteiger partial charge in [-0.05, 0) is 12.5 Å². The van der Waals surface area contributed by atoms with E-state index in [1.807, 2.05) is 12.1 Å². The zero-order valence-electron chi connectivity index (χ0n) is 18.9. The Labute approximate surface area is 204 Å². The van der Waals surface area contributed by atoms with Crippen LogP contribution >= 0.6 is 11.8 Å². The first-order valence-electron chi connectivity index (χ1n) is 10.5. The molecule has 3 aromatic rings. The molecule has 0 fully saturated rings. The van der Waals surface area contributed by atoms with Crippen LogP contribution < -0.4 is 5.32 Å². The van der Waals surface area contributed by atoms with Crippen molar-refractivity contribution in [2.75, 3.05) is 18.2 Å². The maximum atomic E-state index is 13.5. The van der Waals surface area contributed by atoms with Crippen molar-refractivity contribution < 1.29 is 36.8 Å². The summed E-state index contributed by atoms with van der Waals surface area (Å²) in [5, 5.41) is 6.16. The standard InChI is InChI=1S/C24H23F3N2O5S/c1-15-20(28-23(31)33-22(24(25,26)27)18-6-4-3-5-7-18)21(34-29-15)17-10-8-16(9-11-17)14-35-13-12-19(30)32-2/h3-11,22H,12-14H2,1-2H3,(H,28,31). The molecule has 1 N–H and O–H groups in total. The lowest BCUT2D eigenvalue weighted by atomic mass is 10.1. The second-order valence-electron chi connectivity index (χ2n) is 7.41. The van der Waals surface area contributed by atoms with Crippen molar-refractivity contribution in [2.45, 2.75) is 31.4 Å². The quantitative estimate of drug-likeness (QED) is 0.268. The van der Waals surface area contributed by atoms with Crippen molar-refractivity contribution >= 4 is 29.5 Å². The number of methoxy groups -OCH3 is 1. The van der Waals surface area contributed by atoms with E-state index in [1.165, 1.54) is 31.4 Å². The van der Waals surface area contributed by atoms with E-state index in [0.29, 0.717) is 23.5 Å². The zero-order chi connectivity index (χ0) is 25.4. The van der Waals surface area contributed by atoms with Gasteiger partial charge in [0, 0.05) is 22.6 Å². The number of nitrogens with zero attached hydrogens (tertiary/aromatic N) is 1. The van der Waals surface area contributed by atoms with Gasteiger partial charge in [0.15, 0.2) is 5.76 Å². The smallest absolute Gasteiger partial charge is 0.429 e. The third-order valence-electron chi connectivity index (χ3n) is 4.88. The van der Waals surface area contributed by atoms with Crippen LogP contribution in [0.25, 0.3) is 11.3 Å². The van der Waals surface area contributed by atoms with Crippen LogP contribution in [0.5, 0.6) is 0 Å². The Morgan fingerprint density at radius 1 is 1.11 bits per heavy atom. The molecule has 1 atom stereocenters. The molecule has 186 valence electrons. The number of nitrogens with one attached hydrogen (secondary N) is 1.